The van der Waals surface area contributed by atoms with Gasteiger partial charge >= 0.3 is 0 Å². The molecule has 2 rings (SSSR count). The highest BCUT2D eigenvalue weighted by molar-refractivity contribution is 5.92. The molecule has 0 radical (unpaired) electrons. The first-order valence-corrected chi connectivity index (χ1v) is 6.67. The third-order valence-electron chi connectivity index (χ3n) is 3.44. The van der Waals surface area contributed by atoms with Crippen molar-refractivity contribution < 1.29 is 14.6 Å². The maximum absolute atomic E-state index is 12.1. The number of carbonyl (C=O) groups is 1. The number of nitrogens with zero attached hydrogens (tertiary/aromatic N) is 2. The summed E-state index contributed by atoms with van der Waals surface area (Å²) in [4.78, 5) is 12.1. The van der Waals surface area contributed by atoms with Crippen molar-refractivity contribution in [3.8, 4) is 0 Å². The van der Waals surface area contributed by atoms with E-state index in [4.69, 9.17) is 4.74 Å². The molecule has 0 atom stereocenters. The van der Waals surface area contributed by atoms with Gasteiger partial charge < -0.3 is 15.2 Å². The largest absolute Gasteiger partial charge is 0.388 e. The van der Waals surface area contributed by atoms with Crippen LogP contribution in [0.25, 0.3) is 0 Å². The highest BCUT2D eigenvalue weighted by Crippen LogP contribution is 2.19. The highest BCUT2D eigenvalue weighted by atomic mass is 16.5. The molecule has 0 aliphatic carbocycles. The molecule has 1 aromatic rings. The molecule has 2 heterocycles. The lowest BCUT2D eigenvalue weighted by Crippen LogP contribution is -2.46. The van der Waals surface area contributed by atoms with Crippen LogP contribution in [-0.4, -0.2) is 46.2 Å². The smallest absolute Gasteiger partial charge is 0.269 e. The van der Waals surface area contributed by atoms with Crippen LogP contribution in [0.3, 0.4) is 0 Å². The van der Waals surface area contributed by atoms with Crippen molar-refractivity contribution >= 4 is 5.91 Å². The van der Waals surface area contributed by atoms with Gasteiger partial charge in [0.25, 0.3) is 5.91 Å². The standard InChI is InChI=1S/C13H21N3O3/c1-3-16-11(8-10(2)15-16)12(17)14-9-13(18)4-6-19-7-5-13/h8,18H,3-7,9H2,1-2H3,(H,14,17). The fourth-order valence-corrected chi connectivity index (χ4v) is 2.23. The molecular weight excluding hydrogens is 246 g/mol. The number of hydrogen-bond acceptors (Lipinski definition) is 4. The van der Waals surface area contributed by atoms with Crippen LogP contribution in [0.4, 0.5) is 0 Å². The minimum absolute atomic E-state index is 0.192. The van der Waals surface area contributed by atoms with Crippen LogP contribution in [0.15, 0.2) is 6.07 Å². The number of aromatic nitrogens is 2. The summed E-state index contributed by atoms with van der Waals surface area (Å²) in [5, 5.41) is 17.3. The Balaban J connectivity index is 1.97. The normalized spacial score (nSPS) is 18.3. The molecule has 1 aliphatic rings. The van der Waals surface area contributed by atoms with Crippen molar-refractivity contribution in [3.05, 3.63) is 17.5 Å². The Hall–Kier alpha value is -1.40. The second kappa shape index (κ2) is 5.71. The number of hydrogen-bond donors (Lipinski definition) is 2. The Morgan fingerprint density at radius 3 is 2.89 bits per heavy atom. The van der Waals surface area contributed by atoms with Gasteiger partial charge in [0.1, 0.15) is 5.69 Å². The van der Waals surface area contributed by atoms with Gasteiger partial charge in [0.15, 0.2) is 0 Å². The number of amides is 1. The third kappa shape index (κ3) is 3.33. The Labute approximate surface area is 112 Å². The monoisotopic (exact) mass is 267 g/mol. The Bertz CT molecular complexity index is 450. The Morgan fingerprint density at radius 2 is 2.26 bits per heavy atom. The molecule has 1 aromatic heterocycles. The molecular formula is C13H21N3O3. The zero-order chi connectivity index (χ0) is 13.9. The Kier molecular flexibility index (Phi) is 4.21. The average molecular weight is 267 g/mol. The first kappa shape index (κ1) is 14.0. The van der Waals surface area contributed by atoms with E-state index in [0.29, 0.717) is 38.3 Å². The van der Waals surface area contributed by atoms with E-state index < -0.39 is 5.60 Å². The van der Waals surface area contributed by atoms with Gasteiger partial charge in [-0.1, -0.05) is 0 Å². The zero-order valence-corrected chi connectivity index (χ0v) is 11.5. The van der Waals surface area contributed by atoms with Crippen molar-refractivity contribution in [1.82, 2.24) is 15.1 Å². The molecule has 106 valence electrons. The molecule has 1 amide bonds. The summed E-state index contributed by atoms with van der Waals surface area (Å²) in [5.74, 6) is -0.192. The van der Waals surface area contributed by atoms with E-state index in [1.165, 1.54) is 0 Å². The lowest BCUT2D eigenvalue weighted by atomic mass is 9.94. The van der Waals surface area contributed by atoms with E-state index in [-0.39, 0.29) is 12.5 Å². The van der Waals surface area contributed by atoms with Crippen molar-refractivity contribution in [2.75, 3.05) is 19.8 Å². The second-order valence-electron chi connectivity index (χ2n) is 5.01. The predicted octanol–water partition coefficient (Wildman–Crippen LogP) is 0.483. The molecule has 1 fully saturated rings. The SMILES string of the molecule is CCn1nc(C)cc1C(=O)NCC1(O)CCOCC1. The first-order chi connectivity index (χ1) is 9.04. The van der Waals surface area contributed by atoms with Crippen molar-refractivity contribution in [1.29, 1.82) is 0 Å². The second-order valence-corrected chi connectivity index (χ2v) is 5.01. The molecule has 0 unspecified atom stereocenters. The summed E-state index contributed by atoms with van der Waals surface area (Å²) in [6.07, 6.45) is 1.11. The Morgan fingerprint density at radius 1 is 1.58 bits per heavy atom. The number of aryl methyl sites for hydroxylation is 2. The molecule has 0 saturated carbocycles. The van der Waals surface area contributed by atoms with Gasteiger partial charge in [-0.15, -0.1) is 0 Å². The first-order valence-electron chi connectivity index (χ1n) is 6.67. The maximum atomic E-state index is 12.1. The average Bonchev–Trinajstić information content (AvgIpc) is 2.78. The fraction of sp³-hybridized carbons (Fsp3) is 0.692. The number of aliphatic hydroxyl groups is 1. The molecule has 6 heteroatoms. The summed E-state index contributed by atoms with van der Waals surface area (Å²) in [5.41, 5.74) is 0.507. The molecule has 1 aliphatic heterocycles. The van der Waals surface area contributed by atoms with Crippen molar-refractivity contribution in [3.63, 3.8) is 0 Å². The lowest BCUT2D eigenvalue weighted by molar-refractivity contribution is -0.0605. The van der Waals surface area contributed by atoms with Crippen LogP contribution in [0, 0.1) is 6.92 Å². The zero-order valence-electron chi connectivity index (χ0n) is 11.5. The summed E-state index contributed by atoms with van der Waals surface area (Å²) >= 11 is 0. The van der Waals surface area contributed by atoms with E-state index in [1.54, 1.807) is 10.7 Å². The number of nitrogens with one attached hydrogen (secondary N) is 1. The molecule has 19 heavy (non-hydrogen) atoms. The number of rotatable bonds is 4. The summed E-state index contributed by atoms with van der Waals surface area (Å²) in [6.45, 7) is 5.78. The summed E-state index contributed by atoms with van der Waals surface area (Å²) < 4.78 is 6.87. The minimum Gasteiger partial charge on any atom is -0.388 e. The van der Waals surface area contributed by atoms with Crippen LogP contribution < -0.4 is 5.32 Å². The molecule has 2 N–H and O–H groups in total. The van der Waals surface area contributed by atoms with E-state index >= 15 is 0 Å². The van der Waals surface area contributed by atoms with E-state index in [0.717, 1.165) is 5.69 Å². The van der Waals surface area contributed by atoms with Crippen LogP contribution in [0.5, 0.6) is 0 Å². The van der Waals surface area contributed by atoms with Crippen LogP contribution in [0.2, 0.25) is 0 Å². The van der Waals surface area contributed by atoms with Gasteiger partial charge in [-0.2, -0.15) is 5.10 Å². The van der Waals surface area contributed by atoms with Crippen LogP contribution in [-0.2, 0) is 11.3 Å². The van der Waals surface area contributed by atoms with Gasteiger partial charge in [0.2, 0.25) is 0 Å². The van der Waals surface area contributed by atoms with Gasteiger partial charge in [-0.05, 0) is 19.9 Å². The molecule has 0 aromatic carbocycles. The predicted molar refractivity (Wildman–Crippen MR) is 70.0 cm³/mol. The molecule has 1 saturated heterocycles. The molecule has 0 spiro atoms. The van der Waals surface area contributed by atoms with Crippen molar-refractivity contribution in [2.24, 2.45) is 0 Å². The van der Waals surface area contributed by atoms with Gasteiger partial charge in [0, 0.05) is 39.1 Å². The quantitative estimate of drug-likeness (QED) is 0.832. The fourth-order valence-electron chi connectivity index (χ4n) is 2.23. The van der Waals surface area contributed by atoms with Crippen LogP contribution >= 0.6 is 0 Å². The highest BCUT2D eigenvalue weighted by Gasteiger charge is 2.30. The number of carbonyl (C=O) groups excluding carboxylic acids is 1. The van der Waals surface area contributed by atoms with Crippen molar-refractivity contribution in [2.45, 2.75) is 38.8 Å². The van der Waals surface area contributed by atoms with E-state index in [1.807, 2.05) is 13.8 Å². The van der Waals surface area contributed by atoms with Gasteiger partial charge in [0.05, 0.1) is 11.3 Å². The molecule has 6 nitrogen and oxygen atoms in total. The van der Waals surface area contributed by atoms with E-state index in [9.17, 15) is 9.90 Å². The molecule has 0 bridgehead atoms. The summed E-state index contributed by atoms with van der Waals surface area (Å²) in [7, 11) is 0. The lowest BCUT2D eigenvalue weighted by Gasteiger charge is -2.32. The minimum atomic E-state index is -0.847. The van der Waals surface area contributed by atoms with Gasteiger partial charge in [-0.25, -0.2) is 0 Å². The topological polar surface area (TPSA) is 76.4 Å². The maximum Gasteiger partial charge on any atom is 0.269 e. The third-order valence-corrected chi connectivity index (χ3v) is 3.44. The van der Waals surface area contributed by atoms with Crippen LogP contribution in [0.1, 0.15) is 35.9 Å². The summed E-state index contributed by atoms with van der Waals surface area (Å²) in [6, 6.07) is 1.76. The van der Waals surface area contributed by atoms with E-state index in [2.05, 4.69) is 10.4 Å². The number of ether oxygens (including phenoxy) is 1. The van der Waals surface area contributed by atoms with Gasteiger partial charge in [-0.3, -0.25) is 9.48 Å².